The lowest BCUT2D eigenvalue weighted by molar-refractivity contribution is -0.137. The van der Waals surface area contributed by atoms with Crippen LogP contribution in [0.5, 0.6) is 0 Å². The molecule has 0 radical (unpaired) electrons. The summed E-state index contributed by atoms with van der Waals surface area (Å²) in [5.41, 5.74) is 12.6. The van der Waals surface area contributed by atoms with E-state index in [2.05, 4.69) is 22.5 Å². The van der Waals surface area contributed by atoms with Crippen LogP contribution in [0.3, 0.4) is 0 Å². The maximum atomic E-state index is 12.8. The highest BCUT2D eigenvalue weighted by Gasteiger charge is 2.55. The second-order valence-electron chi connectivity index (χ2n) is 12.5. The molecule has 216 valence electrons. The van der Waals surface area contributed by atoms with Gasteiger partial charge >= 0.3 is 11.7 Å². The Kier molecular flexibility index (Phi) is 7.73. The fourth-order valence-corrected chi connectivity index (χ4v) is 6.66. The van der Waals surface area contributed by atoms with Gasteiger partial charge in [-0.2, -0.15) is 4.98 Å². The van der Waals surface area contributed by atoms with Gasteiger partial charge in [-0.3, -0.25) is 14.7 Å². The zero-order valence-corrected chi connectivity index (χ0v) is 23.7. The van der Waals surface area contributed by atoms with Crippen molar-refractivity contribution in [2.75, 3.05) is 38.0 Å². The molecule has 1 unspecified atom stereocenters. The molecule has 2 heterocycles. The minimum absolute atomic E-state index is 0.141. The van der Waals surface area contributed by atoms with E-state index in [1.807, 2.05) is 24.3 Å². The maximum absolute atomic E-state index is 12.8. The van der Waals surface area contributed by atoms with Crippen LogP contribution >= 0.6 is 0 Å². The second kappa shape index (κ2) is 10.9. The Bertz CT molecular complexity index is 1290. The predicted molar refractivity (Wildman–Crippen MR) is 154 cm³/mol. The number of urea groups is 1. The summed E-state index contributed by atoms with van der Waals surface area (Å²) >= 11 is 0. The maximum Gasteiger partial charge on any atom is 0.354 e. The Hall–Kier alpha value is -3.28. The van der Waals surface area contributed by atoms with Gasteiger partial charge in [-0.15, -0.1) is 0 Å². The number of piperazine rings is 1. The highest BCUT2D eigenvalue weighted by molar-refractivity contribution is 5.89. The van der Waals surface area contributed by atoms with Crippen LogP contribution in [0.4, 0.5) is 10.6 Å². The number of hydrogen-bond donors (Lipinski definition) is 4. The van der Waals surface area contributed by atoms with E-state index in [9.17, 15) is 14.4 Å². The molecule has 1 aromatic carbocycles. The SMILES string of the molecule is CC(Cc1ccc(-n2ccc(NC(=O)N3CCN(C(=O)C(C)(C)N)CC3)nc2=O)cc1)NC12CC(C1)[C@@H](CN)C2. The van der Waals surface area contributed by atoms with E-state index in [0.717, 1.165) is 18.9 Å². The summed E-state index contributed by atoms with van der Waals surface area (Å²) in [7, 11) is 0. The molecule has 3 amide bonds. The van der Waals surface area contributed by atoms with Crippen molar-refractivity contribution in [1.29, 1.82) is 0 Å². The van der Waals surface area contributed by atoms with Crippen LogP contribution in [0.25, 0.3) is 5.69 Å². The molecule has 2 atom stereocenters. The summed E-state index contributed by atoms with van der Waals surface area (Å²) in [6, 6.07) is 9.54. The zero-order chi connectivity index (χ0) is 28.7. The number of anilines is 1. The number of nitrogens with one attached hydrogen (secondary N) is 2. The molecule has 2 aromatic rings. The van der Waals surface area contributed by atoms with Crippen LogP contribution in [0.15, 0.2) is 41.3 Å². The number of aromatic nitrogens is 2. The highest BCUT2D eigenvalue weighted by Crippen LogP contribution is 2.55. The Morgan fingerprint density at radius 3 is 2.30 bits per heavy atom. The van der Waals surface area contributed by atoms with Crippen molar-refractivity contribution in [2.24, 2.45) is 23.3 Å². The fourth-order valence-electron chi connectivity index (χ4n) is 6.66. The summed E-state index contributed by atoms with van der Waals surface area (Å²) in [6.07, 6.45) is 6.20. The van der Waals surface area contributed by atoms with Gasteiger partial charge in [-0.25, -0.2) is 9.59 Å². The Labute approximate surface area is 235 Å². The number of nitrogens with two attached hydrogens (primary N) is 2. The van der Waals surface area contributed by atoms with Crippen molar-refractivity contribution in [3.8, 4) is 5.69 Å². The average molecular weight is 551 g/mol. The number of carbonyl (C=O) groups is 2. The molecule has 40 heavy (non-hydrogen) atoms. The Balaban J connectivity index is 1.13. The lowest BCUT2D eigenvalue weighted by Gasteiger charge is -2.42. The first kappa shape index (κ1) is 28.3. The molecule has 1 aliphatic heterocycles. The van der Waals surface area contributed by atoms with Crippen LogP contribution in [-0.2, 0) is 11.2 Å². The topological polar surface area (TPSA) is 152 Å². The van der Waals surface area contributed by atoms with Gasteiger partial charge in [-0.1, -0.05) is 12.1 Å². The normalized spacial score (nSPS) is 24.9. The standard InChI is InChI=1S/C29H42N8O3/c1-19(34-29-15-21(16-29)22(17-29)18-30)14-20-4-6-23(7-5-20)37-9-8-24(33-27(37)40)32-26(39)36-12-10-35(11-13-36)25(38)28(2,3)31/h4-9,19,21-22,34H,10-18,30-31H2,1-3H3,(H,32,33,39,40)/t19?,21?,22-,29?/m1/s1. The van der Waals surface area contributed by atoms with Gasteiger partial charge in [-0.05, 0) is 88.6 Å². The van der Waals surface area contributed by atoms with Crippen molar-refractivity contribution in [3.63, 3.8) is 0 Å². The van der Waals surface area contributed by atoms with Gasteiger partial charge in [0.05, 0.1) is 11.2 Å². The largest absolute Gasteiger partial charge is 0.354 e. The van der Waals surface area contributed by atoms with Crippen LogP contribution < -0.4 is 27.8 Å². The zero-order valence-electron chi connectivity index (χ0n) is 23.7. The number of carbonyl (C=O) groups excluding carboxylic acids is 2. The van der Waals surface area contributed by atoms with Gasteiger partial charge in [0, 0.05) is 44.0 Å². The number of hydrogen-bond acceptors (Lipinski definition) is 7. The second-order valence-corrected chi connectivity index (χ2v) is 12.5. The van der Waals surface area contributed by atoms with Crippen molar-refractivity contribution in [1.82, 2.24) is 24.7 Å². The molecular formula is C29H42N8O3. The summed E-state index contributed by atoms with van der Waals surface area (Å²) in [5.74, 6) is 1.51. The summed E-state index contributed by atoms with van der Waals surface area (Å²) in [5, 5.41) is 6.57. The summed E-state index contributed by atoms with van der Waals surface area (Å²) in [6.45, 7) is 7.93. The van der Waals surface area contributed by atoms with Crippen molar-refractivity contribution >= 4 is 17.8 Å². The molecule has 1 aromatic heterocycles. The first-order valence-electron chi connectivity index (χ1n) is 14.3. The Morgan fingerprint density at radius 1 is 1.07 bits per heavy atom. The van der Waals surface area contributed by atoms with E-state index in [0.29, 0.717) is 43.8 Å². The predicted octanol–water partition coefficient (Wildman–Crippen LogP) is 1.29. The average Bonchev–Trinajstić information content (AvgIpc) is 3.43. The third-order valence-electron chi connectivity index (χ3n) is 8.68. The smallest absolute Gasteiger partial charge is 0.338 e. The van der Waals surface area contributed by atoms with Gasteiger partial charge < -0.3 is 26.6 Å². The van der Waals surface area contributed by atoms with Crippen LogP contribution in [-0.4, -0.2) is 81.1 Å². The molecule has 3 aliphatic carbocycles. The molecule has 1 saturated heterocycles. The van der Waals surface area contributed by atoms with Crippen molar-refractivity contribution in [2.45, 2.75) is 63.6 Å². The molecule has 4 fully saturated rings. The minimum Gasteiger partial charge on any atom is -0.338 e. The quantitative estimate of drug-likeness (QED) is 0.387. The molecule has 6 N–H and O–H groups in total. The molecule has 2 bridgehead atoms. The van der Waals surface area contributed by atoms with Gasteiger partial charge in [0.25, 0.3) is 0 Å². The van der Waals surface area contributed by atoms with E-state index < -0.39 is 11.2 Å². The van der Waals surface area contributed by atoms with E-state index >= 15 is 0 Å². The van der Waals surface area contributed by atoms with Gasteiger partial charge in [0.2, 0.25) is 5.91 Å². The minimum atomic E-state index is -0.946. The number of benzene rings is 1. The molecule has 0 spiro atoms. The van der Waals surface area contributed by atoms with E-state index in [1.54, 1.807) is 35.9 Å². The monoisotopic (exact) mass is 550 g/mol. The third-order valence-corrected chi connectivity index (χ3v) is 8.68. The summed E-state index contributed by atoms with van der Waals surface area (Å²) in [4.78, 5) is 45.2. The molecule has 11 nitrogen and oxygen atoms in total. The van der Waals surface area contributed by atoms with Crippen LogP contribution in [0.1, 0.15) is 45.6 Å². The highest BCUT2D eigenvalue weighted by atomic mass is 16.2. The lowest BCUT2D eigenvalue weighted by Crippen LogP contribution is -2.58. The molecular weight excluding hydrogens is 508 g/mol. The molecule has 6 rings (SSSR count). The summed E-state index contributed by atoms with van der Waals surface area (Å²) < 4.78 is 1.46. The number of nitrogens with zero attached hydrogens (tertiary/aromatic N) is 4. The molecule has 4 aliphatic rings. The third kappa shape index (κ3) is 5.91. The number of rotatable bonds is 8. The van der Waals surface area contributed by atoms with Crippen LogP contribution in [0.2, 0.25) is 0 Å². The van der Waals surface area contributed by atoms with Crippen LogP contribution in [0, 0.1) is 11.8 Å². The number of fused-ring (bicyclic) bond motifs is 1. The number of amides is 3. The van der Waals surface area contributed by atoms with Gasteiger partial charge in [0.1, 0.15) is 5.82 Å². The van der Waals surface area contributed by atoms with Crippen molar-refractivity contribution in [3.05, 3.63) is 52.6 Å². The first-order chi connectivity index (χ1) is 19.0. The first-order valence-corrected chi connectivity index (χ1v) is 14.3. The van der Waals surface area contributed by atoms with E-state index in [1.165, 1.54) is 29.4 Å². The fraction of sp³-hybridized carbons (Fsp3) is 0.586. The van der Waals surface area contributed by atoms with E-state index in [-0.39, 0.29) is 23.3 Å². The van der Waals surface area contributed by atoms with E-state index in [4.69, 9.17) is 11.5 Å². The molecule has 3 saturated carbocycles. The van der Waals surface area contributed by atoms with Gasteiger partial charge in [0.15, 0.2) is 0 Å². The Morgan fingerprint density at radius 2 is 1.73 bits per heavy atom. The lowest BCUT2D eigenvalue weighted by atomic mass is 9.75. The molecule has 11 heteroatoms. The van der Waals surface area contributed by atoms with Crippen molar-refractivity contribution < 1.29 is 9.59 Å².